The van der Waals surface area contributed by atoms with E-state index >= 15 is 0 Å². The molecule has 1 aromatic rings. The highest BCUT2D eigenvalue weighted by atomic mass is 35.5. The summed E-state index contributed by atoms with van der Waals surface area (Å²) in [6.45, 7) is 2.16. The van der Waals surface area contributed by atoms with E-state index in [0.29, 0.717) is 25.6 Å². The van der Waals surface area contributed by atoms with Crippen LogP contribution in [-0.4, -0.2) is 61.7 Å². The first-order valence-electron chi connectivity index (χ1n) is 9.63. The Balaban J connectivity index is 0.00000280. The monoisotopic (exact) mass is 419 g/mol. The quantitative estimate of drug-likeness (QED) is 0.795. The fourth-order valence-corrected chi connectivity index (χ4v) is 4.32. The molecule has 2 heterocycles. The molecule has 0 bridgehead atoms. The molecule has 4 nitrogen and oxygen atoms in total. The Kier molecular flexibility index (Phi) is 7.76. The van der Waals surface area contributed by atoms with Crippen molar-refractivity contribution in [2.75, 3.05) is 39.8 Å². The molecule has 158 valence electrons. The van der Waals surface area contributed by atoms with Crippen molar-refractivity contribution in [2.24, 2.45) is 11.3 Å². The average Bonchev–Trinajstić information content (AvgIpc) is 3.08. The highest BCUT2D eigenvalue weighted by Gasteiger charge is 2.64. The van der Waals surface area contributed by atoms with Crippen LogP contribution >= 0.6 is 12.4 Å². The molecule has 8 heteroatoms. The van der Waals surface area contributed by atoms with Gasteiger partial charge in [0.2, 0.25) is 5.91 Å². The fourth-order valence-electron chi connectivity index (χ4n) is 4.32. The fraction of sp³-hybridized carbons (Fsp3) is 0.650. The third kappa shape index (κ3) is 4.81. The molecule has 1 unspecified atom stereocenters. The predicted molar refractivity (Wildman–Crippen MR) is 105 cm³/mol. The van der Waals surface area contributed by atoms with Crippen molar-refractivity contribution in [3.05, 3.63) is 35.9 Å². The molecule has 1 N–H and O–H groups in total. The zero-order valence-electron chi connectivity index (χ0n) is 16.2. The summed E-state index contributed by atoms with van der Waals surface area (Å²) < 4.78 is 42.1. The molecule has 1 atom stereocenters. The van der Waals surface area contributed by atoms with E-state index in [4.69, 9.17) is 0 Å². The summed E-state index contributed by atoms with van der Waals surface area (Å²) in [4.78, 5) is 16.2. The molecule has 1 amide bonds. The predicted octanol–water partition coefficient (Wildman–Crippen LogP) is 3.32. The van der Waals surface area contributed by atoms with Crippen molar-refractivity contribution in [3.8, 4) is 0 Å². The third-order valence-electron chi connectivity index (χ3n) is 5.94. The molecule has 0 saturated carbocycles. The lowest BCUT2D eigenvalue weighted by atomic mass is 9.83. The van der Waals surface area contributed by atoms with Crippen LogP contribution in [0.5, 0.6) is 0 Å². The summed E-state index contributed by atoms with van der Waals surface area (Å²) >= 11 is 0. The van der Waals surface area contributed by atoms with Gasteiger partial charge in [-0.2, -0.15) is 13.2 Å². The normalized spacial score (nSPS) is 24.2. The number of benzene rings is 1. The molecule has 1 aromatic carbocycles. The molecular weight excluding hydrogens is 391 g/mol. The molecule has 2 saturated heterocycles. The van der Waals surface area contributed by atoms with Crippen molar-refractivity contribution < 1.29 is 18.0 Å². The smallest absolute Gasteiger partial charge is 0.342 e. The summed E-state index contributed by atoms with van der Waals surface area (Å²) in [5.74, 6) is -0.299. The summed E-state index contributed by atoms with van der Waals surface area (Å²) in [5.41, 5.74) is -1.30. The minimum atomic E-state index is -4.53. The maximum absolute atomic E-state index is 14.0. The van der Waals surface area contributed by atoms with Gasteiger partial charge in [-0.05, 0) is 50.9 Å². The van der Waals surface area contributed by atoms with Gasteiger partial charge in [-0.15, -0.1) is 12.4 Å². The molecule has 2 aliphatic heterocycles. The molecule has 3 rings (SSSR count). The van der Waals surface area contributed by atoms with Gasteiger partial charge in [0.15, 0.2) is 5.41 Å². The minimum Gasteiger partial charge on any atom is -0.342 e. The van der Waals surface area contributed by atoms with Crippen molar-refractivity contribution in [1.82, 2.24) is 15.1 Å². The second kappa shape index (κ2) is 9.46. The lowest BCUT2D eigenvalue weighted by Crippen LogP contribution is -2.55. The van der Waals surface area contributed by atoms with Crippen LogP contribution in [0.25, 0.3) is 0 Å². The molecule has 0 aromatic heterocycles. The van der Waals surface area contributed by atoms with Gasteiger partial charge in [-0.3, -0.25) is 9.69 Å². The number of carbonyl (C=O) groups excluding carboxylic acids is 1. The summed E-state index contributed by atoms with van der Waals surface area (Å²) in [5, 5.41) is 3.11. The van der Waals surface area contributed by atoms with E-state index in [1.165, 1.54) is 4.90 Å². The zero-order chi connectivity index (χ0) is 19.5. The van der Waals surface area contributed by atoms with Crippen LogP contribution in [0, 0.1) is 11.3 Å². The highest BCUT2D eigenvalue weighted by Crippen LogP contribution is 2.47. The molecular formula is C20H29ClF3N3O. The van der Waals surface area contributed by atoms with E-state index in [1.54, 1.807) is 4.90 Å². The Morgan fingerprint density at radius 1 is 1.18 bits per heavy atom. The summed E-state index contributed by atoms with van der Waals surface area (Å²) in [6.07, 6.45) is -3.17. The van der Waals surface area contributed by atoms with Crippen LogP contribution in [0.3, 0.4) is 0 Å². The third-order valence-corrected chi connectivity index (χ3v) is 5.94. The number of carbonyl (C=O) groups is 1. The average molecular weight is 420 g/mol. The van der Waals surface area contributed by atoms with Gasteiger partial charge in [-0.25, -0.2) is 0 Å². The van der Waals surface area contributed by atoms with Crippen LogP contribution in [-0.2, 0) is 11.3 Å². The lowest BCUT2D eigenvalue weighted by molar-refractivity contribution is -0.224. The minimum absolute atomic E-state index is 0. The molecule has 0 radical (unpaired) electrons. The Hall–Kier alpha value is -1.31. The van der Waals surface area contributed by atoms with Gasteiger partial charge in [0.1, 0.15) is 0 Å². The largest absolute Gasteiger partial charge is 0.404 e. The molecule has 2 aliphatic rings. The zero-order valence-corrected chi connectivity index (χ0v) is 17.0. The highest BCUT2D eigenvalue weighted by molar-refractivity contribution is 5.85. The topological polar surface area (TPSA) is 35.6 Å². The Morgan fingerprint density at radius 2 is 1.82 bits per heavy atom. The number of nitrogens with one attached hydrogen (secondary N) is 1. The van der Waals surface area contributed by atoms with Gasteiger partial charge in [0.25, 0.3) is 0 Å². The van der Waals surface area contributed by atoms with E-state index in [-0.39, 0.29) is 31.9 Å². The standard InChI is InChI=1S/C20H28F3N3O.ClH/c1-24-13-16-7-10-26(11-8-16)18(27)19(20(21,22)23)9-12-25(15-19)14-17-5-3-2-4-6-17;/h2-6,16,24H,7-15H2,1H3;1H. The molecule has 0 spiro atoms. The first kappa shape index (κ1) is 23.0. The van der Waals surface area contributed by atoms with Crippen LogP contribution in [0.15, 0.2) is 30.3 Å². The number of rotatable bonds is 5. The maximum Gasteiger partial charge on any atom is 0.404 e. The van der Waals surface area contributed by atoms with E-state index in [2.05, 4.69) is 5.32 Å². The van der Waals surface area contributed by atoms with E-state index < -0.39 is 17.5 Å². The van der Waals surface area contributed by atoms with Crippen molar-refractivity contribution in [1.29, 1.82) is 0 Å². The number of hydrogen-bond donors (Lipinski definition) is 1. The molecule has 2 fully saturated rings. The van der Waals surface area contributed by atoms with Gasteiger partial charge in [0.05, 0.1) is 0 Å². The second-order valence-electron chi connectivity index (χ2n) is 7.82. The Labute approximate surface area is 170 Å². The van der Waals surface area contributed by atoms with Crippen LogP contribution < -0.4 is 5.32 Å². The number of alkyl halides is 3. The van der Waals surface area contributed by atoms with Gasteiger partial charge >= 0.3 is 6.18 Å². The van der Waals surface area contributed by atoms with E-state index in [9.17, 15) is 18.0 Å². The molecule has 28 heavy (non-hydrogen) atoms. The van der Waals surface area contributed by atoms with Gasteiger partial charge in [-0.1, -0.05) is 30.3 Å². The van der Waals surface area contributed by atoms with Crippen LogP contribution in [0.4, 0.5) is 13.2 Å². The van der Waals surface area contributed by atoms with Crippen LogP contribution in [0.2, 0.25) is 0 Å². The molecule has 0 aliphatic carbocycles. The number of hydrogen-bond acceptors (Lipinski definition) is 3. The van der Waals surface area contributed by atoms with Crippen molar-refractivity contribution in [2.45, 2.75) is 32.0 Å². The SMILES string of the molecule is CNCC1CCN(C(=O)C2(C(F)(F)F)CCN(Cc3ccccc3)C2)CC1.Cl. The van der Waals surface area contributed by atoms with E-state index in [0.717, 1.165) is 24.9 Å². The number of halogens is 4. The van der Waals surface area contributed by atoms with Crippen molar-refractivity contribution >= 4 is 18.3 Å². The number of amides is 1. The van der Waals surface area contributed by atoms with E-state index in [1.807, 2.05) is 37.4 Å². The number of nitrogens with zero attached hydrogens (tertiary/aromatic N) is 2. The Morgan fingerprint density at radius 3 is 2.39 bits per heavy atom. The first-order valence-corrected chi connectivity index (χ1v) is 9.63. The van der Waals surface area contributed by atoms with Crippen molar-refractivity contribution in [3.63, 3.8) is 0 Å². The summed E-state index contributed by atoms with van der Waals surface area (Å²) in [7, 11) is 1.87. The lowest BCUT2D eigenvalue weighted by Gasteiger charge is -2.39. The maximum atomic E-state index is 14.0. The number of likely N-dealkylation sites (tertiary alicyclic amines) is 2. The number of piperidine rings is 1. The van der Waals surface area contributed by atoms with Gasteiger partial charge in [0, 0.05) is 26.2 Å². The van der Waals surface area contributed by atoms with Gasteiger partial charge < -0.3 is 10.2 Å². The second-order valence-corrected chi connectivity index (χ2v) is 7.82. The van der Waals surface area contributed by atoms with Crippen LogP contribution in [0.1, 0.15) is 24.8 Å². The summed E-state index contributed by atoms with van der Waals surface area (Å²) in [6, 6.07) is 9.45. The Bertz CT molecular complexity index is 635. The first-order chi connectivity index (χ1) is 12.9.